The molecule has 1 aromatic rings. The lowest BCUT2D eigenvalue weighted by atomic mass is 9.88. The van der Waals surface area contributed by atoms with E-state index < -0.39 is 0 Å². The van der Waals surface area contributed by atoms with Crippen LogP contribution >= 0.6 is 0 Å². The number of H-pyrrole nitrogens is 1. The van der Waals surface area contributed by atoms with Gasteiger partial charge in [-0.05, 0) is 25.7 Å². The lowest BCUT2D eigenvalue weighted by Crippen LogP contribution is -2.48. The van der Waals surface area contributed by atoms with Gasteiger partial charge in [0.15, 0.2) is 5.69 Å². The van der Waals surface area contributed by atoms with Crippen molar-refractivity contribution < 1.29 is 4.79 Å². The van der Waals surface area contributed by atoms with Crippen molar-refractivity contribution in [3.8, 4) is 0 Å². The summed E-state index contributed by atoms with van der Waals surface area (Å²) in [7, 11) is 0. The summed E-state index contributed by atoms with van der Waals surface area (Å²) in [6, 6.07) is 0.826. The van der Waals surface area contributed by atoms with E-state index in [1.54, 1.807) is 6.20 Å². The second kappa shape index (κ2) is 6.37. The molecule has 1 heterocycles. The molecule has 2 aliphatic rings. The summed E-state index contributed by atoms with van der Waals surface area (Å²) in [6.07, 6.45) is 13.8. The zero-order chi connectivity index (χ0) is 13.8. The summed E-state index contributed by atoms with van der Waals surface area (Å²) in [4.78, 5) is 15.0. The Balaban J connectivity index is 1.79. The van der Waals surface area contributed by atoms with E-state index in [9.17, 15) is 4.79 Å². The van der Waals surface area contributed by atoms with Gasteiger partial charge in [0.05, 0.1) is 6.20 Å². The van der Waals surface area contributed by atoms with E-state index in [1.165, 1.54) is 38.5 Å². The first kappa shape index (κ1) is 13.6. The molecule has 110 valence electrons. The van der Waals surface area contributed by atoms with Crippen LogP contribution in [0.1, 0.15) is 74.7 Å². The van der Waals surface area contributed by atoms with Gasteiger partial charge in [-0.3, -0.25) is 4.79 Å². The third-order valence-electron chi connectivity index (χ3n) is 4.80. The van der Waals surface area contributed by atoms with Crippen molar-refractivity contribution in [1.29, 1.82) is 0 Å². The first-order valence-electron chi connectivity index (χ1n) is 8.04. The van der Waals surface area contributed by atoms with Gasteiger partial charge in [-0.25, -0.2) is 0 Å². The Morgan fingerprint density at radius 1 is 1.00 bits per heavy atom. The van der Waals surface area contributed by atoms with Gasteiger partial charge >= 0.3 is 0 Å². The predicted octanol–water partition coefficient (Wildman–Crippen LogP) is 2.91. The molecule has 0 spiro atoms. The van der Waals surface area contributed by atoms with E-state index in [0.717, 1.165) is 25.7 Å². The molecule has 0 saturated heterocycles. The Kier molecular flexibility index (Phi) is 4.33. The van der Waals surface area contributed by atoms with Crippen molar-refractivity contribution in [1.82, 2.24) is 20.3 Å². The Morgan fingerprint density at radius 3 is 2.00 bits per heavy atom. The van der Waals surface area contributed by atoms with Crippen LogP contribution in [0.15, 0.2) is 6.20 Å². The van der Waals surface area contributed by atoms with Gasteiger partial charge in [-0.2, -0.15) is 15.4 Å². The molecule has 0 aromatic carbocycles. The molecule has 0 bridgehead atoms. The molecular weight excluding hydrogens is 252 g/mol. The molecule has 1 amide bonds. The Hall–Kier alpha value is -1.39. The van der Waals surface area contributed by atoms with Crippen LogP contribution in [0.2, 0.25) is 0 Å². The summed E-state index contributed by atoms with van der Waals surface area (Å²) < 4.78 is 0. The first-order valence-corrected chi connectivity index (χ1v) is 8.04. The lowest BCUT2D eigenvalue weighted by molar-refractivity contribution is 0.0442. The molecule has 1 N–H and O–H groups in total. The van der Waals surface area contributed by atoms with Crippen molar-refractivity contribution in [2.24, 2.45) is 0 Å². The van der Waals surface area contributed by atoms with Gasteiger partial charge in [0, 0.05) is 12.1 Å². The standard InChI is InChI=1S/C15H24N4O/c20-15(14-11-16-18-17-14)19(12-7-3-1-4-8-12)13-9-5-2-6-10-13/h11-13H,1-10H2,(H,16,17,18). The second-order valence-electron chi connectivity index (χ2n) is 6.15. The molecule has 1 aromatic heterocycles. The molecule has 2 aliphatic carbocycles. The average molecular weight is 276 g/mol. The topological polar surface area (TPSA) is 61.9 Å². The second-order valence-corrected chi connectivity index (χ2v) is 6.15. The van der Waals surface area contributed by atoms with Gasteiger partial charge in [-0.1, -0.05) is 38.5 Å². The summed E-state index contributed by atoms with van der Waals surface area (Å²) >= 11 is 0. The molecule has 20 heavy (non-hydrogen) atoms. The van der Waals surface area contributed by atoms with E-state index in [0.29, 0.717) is 17.8 Å². The average Bonchev–Trinajstić information content (AvgIpc) is 3.04. The lowest BCUT2D eigenvalue weighted by Gasteiger charge is -2.41. The minimum atomic E-state index is 0.0811. The molecule has 2 fully saturated rings. The maximum absolute atomic E-state index is 12.8. The van der Waals surface area contributed by atoms with Crippen molar-refractivity contribution in [3.05, 3.63) is 11.9 Å². The van der Waals surface area contributed by atoms with E-state index >= 15 is 0 Å². The summed E-state index contributed by atoms with van der Waals surface area (Å²) in [5.41, 5.74) is 0.473. The monoisotopic (exact) mass is 276 g/mol. The zero-order valence-corrected chi connectivity index (χ0v) is 12.1. The minimum Gasteiger partial charge on any atom is -0.331 e. The number of hydrogen-bond acceptors (Lipinski definition) is 3. The van der Waals surface area contributed by atoms with Crippen molar-refractivity contribution >= 4 is 5.91 Å². The van der Waals surface area contributed by atoms with Gasteiger partial charge in [0.1, 0.15) is 0 Å². The smallest absolute Gasteiger partial charge is 0.276 e. The van der Waals surface area contributed by atoms with Crippen LogP contribution in [-0.2, 0) is 0 Å². The van der Waals surface area contributed by atoms with Crippen molar-refractivity contribution in [2.45, 2.75) is 76.3 Å². The maximum atomic E-state index is 12.8. The van der Waals surface area contributed by atoms with Crippen LogP contribution in [0.25, 0.3) is 0 Å². The highest BCUT2D eigenvalue weighted by Gasteiger charge is 2.33. The summed E-state index contributed by atoms with van der Waals surface area (Å²) in [5.74, 6) is 0.0811. The van der Waals surface area contributed by atoms with Gasteiger partial charge in [0.2, 0.25) is 0 Å². The highest BCUT2D eigenvalue weighted by molar-refractivity contribution is 5.92. The molecule has 0 radical (unpaired) electrons. The van der Waals surface area contributed by atoms with E-state index in [1.807, 2.05) is 0 Å². The number of carbonyl (C=O) groups is 1. The number of amides is 1. The van der Waals surface area contributed by atoms with E-state index in [2.05, 4.69) is 20.3 Å². The van der Waals surface area contributed by atoms with Crippen LogP contribution in [0, 0.1) is 0 Å². The van der Waals surface area contributed by atoms with Gasteiger partial charge in [0.25, 0.3) is 5.91 Å². The van der Waals surface area contributed by atoms with Crippen LogP contribution in [0.4, 0.5) is 0 Å². The molecule has 0 unspecified atom stereocenters. The number of nitrogens with one attached hydrogen (secondary N) is 1. The number of hydrogen-bond donors (Lipinski definition) is 1. The summed E-state index contributed by atoms with van der Waals surface area (Å²) in [6.45, 7) is 0. The van der Waals surface area contributed by atoms with Crippen LogP contribution in [-0.4, -0.2) is 38.3 Å². The largest absolute Gasteiger partial charge is 0.331 e. The number of nitrogens with zero attached hydrogens (tertiary/aromatic N) is 3. The fourth-order valence-electron chi connectivity index (χ4n) is 3.79. The molecule has 5 nitrogen and oxygen atoms in total. The number of aromatic nitrogens is 3. The Morgan fingerprint density at radius 2 is 1.55 bits per heavy atom. The van der Waals surface area contributed by atoms with Gasteiger partial charge in [-0.15, -0.1) is 0 Å². The quantitative estimate of drug-likeness (QED) is 0.923. The third kappa shape index (κ3) is 2.86. The van der Waals surface area contributed by atoms with Gasteiger partial charge < -0.3 is 4.90 Å². The minimum absolute atomic E-state index is 0.0811. The number of aromatic amines is 1. The molecule has 3 rings (SSSR count). The Labute approximate surface area is 120 Å². The van der Waals surface area contributed by atoms with Crippen molar-refractivity contribution in [2.75, 3.05) is 0 Å². The van der Waals surface area contributed by atoms with Crippen LogP contribution < -0.4 is 0 Å². The van der Waals surface area contributed by atoms with Crippen LogP contribution in [0.5, 0.6) is 0 Å². The fraction of sp³-hybridized carbons (Fsp3) is 0.800. The fourth-order valence-corrected chi connectivity index (χ4v) is 3.79. The van der Waals surface area contributed by atoms with Crippen LogP contribution in [0.3, 0.4) is 0 Å². The van der Waals surface area contributed by atoms with E-state index in [-0.39, 0.29) is 5.91 Å². The number of rotatable bonds is 3. The zero-order valence-electron chi connectivity index (χ0n) is 12.1. The molecule has 0 atom stereocenters. The highest BCUT2D eigenvalue weighted by atomic mass is 16.2. The molecule has 5 heteroatoms. The number of carbonyl (C=O) groups excluding carboxylic acids is 1. The third-order valence-corrected chi connectivity index (χ3v) is 4.80. The molecule has 2 saturated carbocycles. The van der Waals surface area contributed by atoms with E-state index in [4.69, 9.17) is 0 Å². The SMILES string of the molecule is O=C(c1cn[nH]n1)N(C1CCCCC1)C1CCCCC1. The molecular formula is C15H24N4O. The van der Waals surface area contributed by atoms with Crippen molar-refractivity contribution in [3.63, 3.8) is 0 Å². The maximum Gasteiger partial charge on any atom is 0.276 e. The molecule has 0 aliphatic heterocycles. The summed E-state index contributed by atoms with van der Waals surface area (Å²) in [5, 5.41) is 10.4. The highest BCUT2D eigenvalue weighted by Crippen LogP contribution is 2.31. The first-order chi connectivity index (χ1) is 9.86. The Bertz CT molecular complexity index is 401. The predicted molar refractivity (Wildman–Crippen MR) is 76.3 cm³/mol. The normalized spacial score (nSPS) is 21.8.